The summed E-state index contributed by atoms with van der Waals surface area (Å²) in [5.41, 5.74) is 0.936. The first kappa shape index (κ1) is 17.4. The third-order valence-electron chi connectivity index (χ3n) is 2.92. The molecule has 0 unspecified atom stereocenters. The molecule has 0 atom stereocenters. The van der Waals surface area contributed by atoms with E-state index in [0.717, 1.165) is 7.05 Å². The molecule has 0 aliphatic carbocycles. The molecule has 128 valence electrons. The number of amides is 3. The Balaban J connectivity index is 2.00. The van der Waals surface area contributed by atoms with Crippen molar-refractivity contribution >= 4 is 23.3 Å². The van der Waals surface area contributed by atoms with Crippen molar-refractivity contribution in [1.82, 2.24) is 4.90 Å². The van der Waals surface area contributed by atoms with E-state index in [4.69, 9.17) is 4.42 Å². The van der Waals surface area contributed by atoms with Gasteiger partial charge in [-0.15, -0.1) is 0 Å². The van der Waals surface area contributed by atoms with Gasteiger partial charge in [0, 0.05) is 18.4 Å². The molecule has 1 aromatic heterocycles. The number of nitrogens with one attached hydrogen (secondary N) is 2. The first-order chi connectivity index (χ1) is 11.2. The fraction of sp³-hybridized carbons (Fsp3) is 0.200. The van der Waals surface area contributed by atoms with Gasteiger partial charge in [-0.3, -0.25) is 4.79 Å². The van der Waals surface area contributed by atoms with Gasteiger partial charge in [0.15, 0.2) is 0 Å². The van der Waals surface area contributed by atoms with Crippen LogP contribution in [-0.2, 0) is 0 Å². The lowest BCUT2D eigenvalue weighted by Gasteiger charge is -2.19. The summed E-state index contributed by atoms with van der Waals surface area (Å²) in [5.74, 6) is -0.415. The number of urea groups is 1. The Bertz CT molecular complexity index is 714. The highest BCUT2D eigenvalue weighted by atomic mass is 19.4. The van der Waals surface area contributed by atoms with Gasteiger partial charge in [0.05, 0.1) is 11.8 Å². The molecular formula is C15H14F3N3O3. The van der Waals surface area contributed by atoms with Crippen LogP contribution in [0.4, 0.5) is 29.3 Å². The summed E-state index contributed by atoms with van der Waals surface area (Å²) in [4.78, 5) is 24.1. The van der Waals surface area contributed by atoms with Crippen molar-refractivity contribution in [2.45, 2.75) is 6.18 Å². The summed E-state index contributed by atoms with van der Waals surface area (Å²) in [6.45, 7) is -1.37. The maximum atomic E-state index is 12.3. The number of hydrogen-bond acceptors (Lipinski definition) is 3. The minimum absolute atomic E-state index is 0.249. The highest BCUT2D eigenvalue weighted by Gasteiger charge is 2.31. The highest BCUT2D eigenvalue weighted by Crippen LogP contribution is 2.19. The number of nitrogens with zero attached hydrogens (tertiary/aromatic N) is 1. The lowest BCUT2D eigenvalue weighted by molar-refractivity contribution is -0.137. The van der Waals surface area contributed by atoms with Gasteiger partial charge >= 0.3 is 12.2 Å². The van der Waals surface area contributed by atoms with Crippen LogP contribution < -0.4 is 10.6 Å². The van der Waals surface area contributed by atoms with E-state index in [9.17, 15) is 22.8 Å². The minimum Gasteiger partial charge on any atom is -0.472 e. The van der Waals surface area contributed by atoms with Crippen LogP contribution in [0.25, 0.3) is 0 Å². The molecule has 2 N–H and O–H groups in total. The van der Waals surface area contributed by atoms with Crippen molar-refractivity contribution in [3.63, 3.8) is 0 Å². The number of anilines is 2. The van der Waals surface area contributed by atoms with Gasteiger partial charge in [-0.1, -0.05) is 6.07 Å². The average Bonchev–Trinajstić information content (AvgIpc) is 3.00. The van der Waals surface area contributed by atoms with Crippen LogP contribution in [0.15, 0.2) is 47.3 Å². The van der Waals surface area contributed by atoms with Gasteiger partial charge < -0.3 is 20.0 Å². The van der Waals surface area contributed by atoms with E-state index >= 15 is 0 Å². The zero-order valence-corrected chi connectivity index (χ0v) is 12.6. The molecule has 0 aliphatic heterocycles. The number of carbonyl (C=O) groups is 2. The smallest absolute Gasteiger partial charge is 0.406 e. The van der Waals surface area contributed by atoms with Crippen LogP contribution in [-0.4, -0.2) is 36.6 Å². The second-order valence-electron chi connectivity index (χ2n) is 4.95. The number of alkyl halides is 3. The number of hydrogen-bond donors (Lipinski definition) is 2. The summed E-state index contributed by atoms with van der Waals surface area (Å²) in [7, 11) is 1.04. The first-order valence-corrected chi connectivity index (χ1v) is 6.77. The van der Waals surface area contributed by atoms with Gasteiger partial charge in [-0.2, -0.15) is 13.2 Å². The van der Waals surface area contributed by atoms with Gasteiger partial charge in [0.1, 0.15) is 12.8 Å². The zero-order valence-electron chi connectivity index (χ0n) is 12.6. The Labute approximate surface area is 135 Å². The molecule has 0 saturated carbocycles. The Morgan fingerprint density at radius 3 is 2.42 bits per heavy atom. The quantitative estimate of drug-likeness (QED) is 0.893. The molecule has 0 saturated heterocycles. The second kappa shape index (κ2) is 7.07. The molecule has 6 nitrogen and oxygen atoms in total. The summed E-state index contributed by atoms with van der Waals surface area (Å²) >= 11 is 0. The van der Waals surface area contributed by atoms with Gasteiger partial charge in [0.25, 0.3) is 5.91 Å². The van der Waals surface area contributed by atoms with Crippen molar-refractivity contribution in [2.24, 2.45) is 0 Å². The van der Waals surface area contributed by atoms with Crippen LogP contribution in [0.3, 0.4) is 0 Å². The van der Waals surface area contributed by atoms with Gasteiger partial charge in [-0.25, -0.2) is 4.79 Å². The normalized spacial score (nSPS) is 11.0. The largest absolute Gasteiger partial charge is 0.472 e. The van der Waals surface area contributed by atoms with Crippen LogP contribution in [0, 0.1) is 0 Å². The van der Waals surface area contributed by atoms with E-state index in [-0.39, 0.29) is 5.69 Å². The lowest BCUT2D eigenvalue weighted by atomic mass is 10.2. The Morgan fingerprint density at radius 1 is 1.17 bits per heavy atom. The fourth-order valence-corrected chi connectivity index (χ4v) is 1.83. The fourth-order valence-electron chi connectivity index (χ4n) is 1.83. The van der Waals surface area contributed by atoms with E-state index in [1.54, 1.807) is 12.1 Å². The van der Waals surface area contributed by atoms with Crippen LogP contribution in [0.2, 0.25) is 0 Å². The third kappa shape index (κ3) is 5.04. The summed E-state index contributed by atoms with van der Waals surface area (Å²) < 4.78 is 41.6. The van der Waals surface area contributed by atoms with E-state index in [1.165, 1.54) is 30.7 Å². The van der Waals surface area contributed by atoms with E-state index in [1.807, 2.05) is 0 Å². The van der Waals surface area contributed by atoms with E-state index < -0.39 is 24.7 Å². The van der Waals surface area contributed by atoms with Crippen LogP contribution in [0.1, 0.15) is 10.4 Å². The molecular weight excluding hydrogens is 327 g/mol. The second-order valence-corrected chi connectivity index (χ2v) is 4.95. The molecule has 0 fully saturated rings. The Hall–Kier alpha value is -2.97. The number of furan rings is 1. The predicted octanol–water partition coefficient (Wildman–Crippen LogP) is 3.56. The highest BCUT2D eigenvalue weighted by molar-refractivity contribution is 6.04. The molecule has 2 aromatic rings. The molecule has 0 bridgehead atoms. The topological polar surface area (TPSA) is 74.6 Å². The molecule has 2 rings (SSSR count). The zero-order chi connectivity index (χ0) is 17.7. The van der Waals surface area contributed by atoms with Crippen molar-refractivity contribution in [3.8, 4) is 0 Å². The SMILES string of the molecule is CN(CC(F)(F)F)C(=O)Nc1cccc(NC(=O)c2ccoc2)c1. The first-order valence-electron chi connectivity index (χ1n) is 6.77. The number of carbonyl (C=O) groups excluding carboxylic acids is 2. The molecule has 24 heavy (non-hydrogen) atoms. The van der Waals surface area contributed by atoms with Crippen molar-refractivity contribution < 1.29 is 27.2 Å². The molecule has 0 spiro atoms. The standard InChI is InChI=1S/C15H14F3N3O3/c1-21(9-15(16,17)18)14(23)20-12-4-2-3-11(7-12)19-13(22)10-5-6-24-8-10/h2-8H,9H2,1H3,(H,19,22)(H,20,23). The van der Waals surface area contributed by atoms with E-state index in [2.05, 4.69) is 10.6 Å². The number of rotatable bonds is 4. The Morgan fingerprint density at radius 2 is 1.83 bits per heavy atom. The monoisotopic (exact) mass is 341 g/mol. The predicted molar refractivity (Wildman–Crippen MR) is 80.8 cm³/mol. The molecule has 1 heterocycles. The van der Waals surface area contributed by atoms with Gasteiger partial charge in [-0.05, 0) is 24.3 Å². The summed E-state index contributed by atoms with van der Waals surface area (Å²) in [5, 5.41) is 4.91. The maximum Gasteiger partial charge on any atom is 0.406 e. The van der Waals surface area contributed by atoms with Crippen LogP contribution in [0.5, 0.6) is 0 Å². The maximum absolute atomic E-state index is 12.3. The molecule has 0 radical (unpaired) electrons. The molecule has 3 amide bonds. The Kier molecular flexibility index (Phi) is 5.12. The number of halogens is 3. The summed E-state index contributed by atoms with van der Waals surface area (Å²) in [6, 6.07) is 6.61. The molecule has 9 heteroatoms. The molecule has 1 aromatic carbocycles. The average molecular weight is 341 g/mol. The van der Waals surface area contributed by atoms with Crippen molar-refractivity contribution in [2.75, 3.05) is 24.2 Å². The van der Waals surface area contributed by atoms with Crippen molar-refractivity contribution in [3.05, 3.63) is 48.4 Å². The van der Waals surface area contributed by atoms with Crippen molar-refractivity contribution in [1.29, 1.82) is 0 Å². The third-order valence-corrected chi connectivity index (χ3v) is 2.92. The minimum atomic E-state index is -4.48. The molecule has 0 aliphatic rings. The number of benzene rings is 1. The van der Waals surface area contributed by atoms with Crippen LogP contribution >= 0.6 is 0 Å². The lowest BCUT2D eigenvalue weighted by Crippen LogP contribution is -2.38. The van der Waals surface area contributed by atoms with Gasteiger partial charge in [0.2, 0.25) is 0 Å². The van der Waals surface area contributed by atoms with E-state index in [0.29, 0.717) is 16.2 Å². The summed E-state index contributed by atoms with van der Waals surface area (Å²) in [6.07, 6.45) is -1.86.